The van der Waals surface area contributed by atoms with Crippen molar-refractivity contribution >= 4 is 34.2 Å². The molecule has 0 spiro atoms. The molecule has 0 aliphatic carbocycles. The fourth-order valence-electron chi connectivity index (χ4n) is 4.09. The van der Waals surface area contributed by atoms with Crippen LogP contribution in [0.3, 0.4) is 0 Å². The molecule has 0 atom stereocenters. The second-order valence-corrected chi connectivity index (χ2v) is 8.29. The molecule has 0 unspecified atom stereocenters. The lowest BCUT2D eigenvalue weighted by Gasteiger charge is -2.32. The number of carbonyl (C=O) groups excluding carboxylic acids is 1. The van der Waals surface area contributed by atoms with Gasteiger partial charge in [0.25, 0.3) is 5.91 Å². The standard InChI is InChI=1S/C20H29BrN2O.ClH/c21-19-6-2-5-18(15-19)20(24)23-13-9-17(10-14-23)4-1-3-16-7-11-22-12-8-16;/h2,5-6,15-17,22H,1,3-4,7-14H2;1H. The van der Waals surface area contributed by atoms with Gasteiger partial charge in [0.15, 0.2) is 0 Å². The summed E-state index contributed by atoms with van der Waals surface area (Å²) in [4.78, 5) is 14.6. The number of carbonyl (C=O) groups is 1. The third kappa shape index (κ3) is 6.26. The fraction of sp³-hybridized carbons (Fsp3) is 0.650. The summed E-state index contributed by atoms with van der Waals surface area (Å²) >= 11 is 3.45. The van der Waals surface area contributed by atoms with Gasteiger partial charge in [-0.1, -0.05) is 41.3 Å². The highest BCUT2D eigenvalue weighted by atomic mass is 79.9. The van der Waals surface area contributed by atoms with Crippen LogP contribution < -0.4 is 5.32 Å². The van der Waals surface area contributed by atoms with Crippen LogP contribution in [-0.2, 0) is 0 Å². The molecule has 0 saturated carbocycles. The zero-order chi connectivity index (χ0) is 16.8. The summed E-state index contributed by atoms with van der Waals surface area (Å²) in [6.07, 6.45) is 9.19. The van der Waals surface area contributed by atoms with Gasteiger partial charge in [-0.05, 0) is 68.8 Å². The summed E-state index contributed by atoms with van der Waals surface area (Å²) < 4.78 is 0.973. The van der Waals surface area contributed by atoms with E-state index >= 15 is 0 Å². The number of hydrogen-bond acceptors (Lipinski definition) is 2. The van der Waals surface area contributed by atoms with E-state index in [4.69, 9.17) is 0 Å². The van der Waals surface area contributed by atoms with Gasteiger partial charge in [-0.15, -0.1) is 12.4 Å². The van der Waals surface area contributed by atoms with Crippen molar-refractivity contribution in [2.45, 2.75) is 44.9 Å². The van der Waals surface area contributed by atoms with Crippen molar-refractivity contribution in [3.8, 4) is 0 Å². The Labute approximate surface area is 166 Å². The van der Waals surface area contributed by atoms with Gasteiger partial charge in [0.05, 0.1) is 0 Å². The minimum Gasteiger partial charge on any atom is -0.339 e. The molecule has 140 valence electrons. The van der Waals surface area contributed by atoms with E-state index in [1.165, 1.54) is 58.0 Å². The number of nitrogens with one attached hydrogen (secondary N) is 1. The Morgan fingerprint density at radius 1 is 1.08 bits per heavy atom. The molecule has 1 aromatic rings. The molecule has 1 N–H and O–H groups in total. The van der Waals surface area contributed by atoms with Gasteiger partial charge in [0, 0.05) is 23.1 Å². The van der Waals surface area contributed by atoms with Crippen LogP contribution in [0.5, 0.6) is 0 Å². The van der Waals surface area contributed by atoms with Crippen LogP contribution in [-0.4, -0.2) is 37.0 Å². The quantitative estimate of drug-likeness (QED) is 0.722. The zero-order valence-electron chi connectivity index (χ0n) is 14.9. The monoisotopic (exact) mass is 428 g/mol. The predicted molar refractivity (Wildman–Crippen MR) is 109 cm³/mol. The summed E-state index contributed by atoms with van der Waals surface area (Å²) in [6.45, 7) is 4.26. The molecule has 0 aromatic heterocycles. The maximum absolute atomic E-state index is 12.6. The Kier molecular flexibility index (Phi) is 8.74. The van der Waals surface area contributed by atoms with E-state index in [-0.39, 0.29) is 18.3 Å². The number of nitrogens with zero attached hydrogens (tertiary/aromatic N) is 1. The molecule has 2 fully saturated rings. The Hall–Kier alpha value is -0.580. The first-order chi connectivity index (χ1) is 11.7. The van der Waals surface area contributed by atoms with Crippen molar-refractivity contribution in [3.05, 3.63) is 34.3 Å². The van der Waals surface area contributed by atoms with Gasteiger partial charge in [-0.3, -0.25) is 4.79 Å². The van der Waals surface area contributed by atoms with Crippen molar-refractivity contribution in [1.82, 2.24) is 10.2 Å². The molecule has 3 rings (SSSR count). The van der Waals surface area contributed by atoms with E-state index in [9.17, 15) is 4.79 Å². The molecular formula is C20H30BrClN2O. The highest BCUT2D eigenvalue weighted by Gasteiger charge is 2.24. The van der Waals surface area contributed by atoms with Gasteiger partial charge in [0.2, 0.25) is 0 Å². The largest absolute Gasteiger partial charge is 0.339 e. The van der Waals surface area contributed by atoms with Crippen LogP contribution in [0.4, 0.5) is 0 Å². The third-order valence-electron chi connectivity index (χ3n) is 5.66. The lowest BCUT2D eigenvalue weighted by molar-refractivity contribution is 0.0685. The summed E-state index contributed by atoms with van der Waals surface area (Å²) in [7, 11) is 0. The Balaban J connectivity index is 0.00000225. The lowest BCUT2D eigenvalue weighted by atomic mass is 9.87. The lowest BCUT2D eigenvalue weighted by Crippen LogP contribution is -2.38. The highest BCUT2D eigenvalue weighted by molar-refractivity contribution is 9.10. The fourth-order valence-corrected chi connectivity index (χ4v) is 4.49. The first-order valence-corrected chi connectivity index (χ1v) is 10.3. The van der Waals surface area contributed by atoms with Crippen LogP contribution >= 0.6 is 28.3 Å². The van der Waals surface area contributed by atoms with Gasteiger partial charge in [0.1, 0.15) is 0 Å². The second-order valence-electron chi connectivity index (χ2n) is 7.37. The van der Waals surface area contributed by atoms with Crippen molar-refractivity contribution in [2.24, 2.45) is 11.8 Å². The number of hydrogen-bond donors (Lipinski definition) is 1. The number of amides is 1. The van der Waals surface area contributed by atoms with Crippen molar-refractivity contribution < 1.29 is 4.79 Å². The third-order valence-corrected chi connectivity index (χ3v) is 6.15. The Morgan fingerprint density at radius 2 is 1.72 bits per heavy atom. The number of benzene rings is 1. The van der Waals surface area contributed by atoms with Crippen molar-refractivity contribution in [2.75, 3.05) is 26.2 Å². The zero-order valence-corrected chi connectivity index (χ0v) is 17.3. The molecule has 2 aliphatic rings. The van der Waals surface area contributed by atoms with Crippen LogP contribution in [0.2, 0.25) is 0 Å². The van der Waals surface area contributed by atoms with Crippen LogP contribution in [0.1, 0.15) is 55.3 Å². The van der Waals surface area contributed by atoms with Gasteiger partial charge in [-0.2, -0.15) is 0 Å². The molecule has 1 amide bonds. The smallest absolute Gasteiger partial charge is 0.253 e. The first-order valence-electron chi connectivity index (χ1n) is 9.48. The molecule has 0 radical (unpaired) electrons. The van der Waals surface area contributed by atoms with Gasteiger partial charge in [-0.25, -0.2) is 0 Å². The molecule has 0 bridgehead atoms. The molecule has 2 aliphatic heterocycles. The minimum absolute atomic E-state index is 0. The van der Waals surface area contributed by atoms with Crippen LogP contribution in [0.25, 0.3) is 0 Å². The number of halogens is 2. The van der Waals surface area contributed by atoms with E-state index in [2.05, 4.69) is 21.2 Å². The summed E-state index contributed by atoms with van der Waals surface area (Å²) in [6, 6.07) is 7.74. The molecule has 2 heterocycles. The van der Waals surface area contributed by atoms with E-state index < -0.39 is 0 Å². The minimum atomic E-state index is 0. The normalized spacial score (nSPS) is 19.5. The highest BCUT2D eigenvalue weighted by Crippen LogP contribution is 2.26. The summed E-state index contributed by atoms with van der Waals surface area (Å²) in [5, 5.41) is 3.45. The van der Waals surface area contributed by atoms with E-state index in [1.54, 1.807) is 0 Å². The van der Waals surface area contributed by atoms with Crippen LogP contribution in [0.15, 0.2) is 28.7 Å². The van der Waals surface area contributed by atoms with Crippen molar-refractivity contribution in [3.63, 3.8) is 0 Å². The number of rotatable bonds is 5. The van der Waals surface area contributed by atoms with Crippen molar-refractivity contribution in [1.29, 1.82) is 0 Å². The molecule has 25 heavy (non-hydrogen) atoms. The molecular weight excluding hydrogens is 400 g/mol. The second kappa shape index (κ2) is 10.5. The average molecular weight is 430 g/mol. The maximum atomic E-state index is 12.6. The van der Waals surface area contributed by atoms with E-state index in [0.717, 1.165) is 35.0 Å². The average Bonchev–Trinajstić information content (AvgIpc) is 2.63. The summed E-state index contributed by atoms with van der Waals surface area (Å²) in [5.41, 5.74) is 0.800. The number of piperidine rings is 2. The van der Waals surface area contributed by atoms with Gasteiger partial charge < -0.3 is 10.2 Å². The topological polar surface area (TPSA) is 32.3 Å². The van der Waals surface area contributed by atoms with Gasteiger partial charge >= 0.3 is 0 Å². The van der Waals surface area contributed by atoms with E-state index in [0.29, 0.717) is 0 Å². The molecule has 1 aromatic carbocycles. The molecule has 2 saturated heterocycles. The summed E-state index contributed by atoms with van der Waals surface area (Å²) in [5.74, 6) is 1.95. The predicted octanol–water partition coefficient (Wildman–Crippen LogP) is 4.89. The number of likely N-dealkylation sites (tertiary alicyclic amines) is 1. The SMILES string of the molecule is Cl.O=C(c1cccc(Br)c1)N1CCC(CCCC2CCNCC2)CC1. The maximum Gasteiger partial charge on any atom is 0.253 e. The molecule has 3 nitrogen and oxygen atoms in total. The molecule has 5 heteroatoms. The Morgan fingerprint density at radius 3 is 2.36 bits per heavy atom. The first kappa shape index (κ1) is 20.7. The Bertz CT molecular complexity index is 540. The van der Waals surface area contributed by atoms with E-state index in [1.807, 2.05) is 29.2 Å². The van der Waals surface area contributed by atoms with Crippen LogP contribution in [0, 0.1) is 11.8 Å².